The summed E-state index contributed by atoms with van der Waals surface area (Å²) in [4.78, 5) is 12.4. The maximum atomic E-state index is 11.2. The van der Waals surface area contributed by atoms with Gasteiger partial charge in [0.25, 0.3) is 0 Å². The summed E-state index contributed by atoms with van der Waals surface area (Å²) in [6, 6.07) is 10.3. The number of esters is 1. The van der Waals surface area contributed by atoms with Crippen LogP contribution in [0.15, 0.2) is 35.2 Å². The van der Waals surface area contributed by atoms with Gasteiger partial charge in [-0.3, -0.25) is 4.79 Å². The molecule has 2 rings (SSSR count). The zero-order chi connectivity index (χ0) is 14.8. The lowest BCUT2D eigenvalue weighted by molar-refractivity contribution is -0.179. The lowest BCUT2D eigenvalue weighted by Crippen LogP contribution is -2.51. The normalized spacial score (nSPS) is 28.9. The number of hydrogen-bond acceptors (Lipinski definition) is 4. The van der Waals surface area contributed by atoms with E-state index in [4.69, 9.17) is 9.47 Å². The van der Waals surface area contributed by atoms with E-state index >= 15 is 0 Å². The summed E-state index contributed by atoms with van der Waals surface area (Å²) < 4.78 is 11.5. The van der Waals surface area contributed by atoms with Crippen LogP contribution in [0.4, 0.5) is 0 Å². The third-order valence-electron chi connectivity index (χ3n) is 3.57. The molecule has 0 amide bonds. The highest BCUT2D eigenvalue weighted by atomic mass is 32.2. The molecular formula is C16H22O3S. The highest BCUT2D eigenvalue weighted by Gasteiger charge is 2.43. The van der Waals surface area contributed by atoms with Crippen molar-refractivity contribution in [1.29, 1.82) is 0 Å². The molecule has 1 heterocycles. The van der Waals surface area contributed by atoms with Crippen LogP contribution in [-0.2, 0) is 14.3 Å². The summed E-state index contributed by atoms with van der Waals surface area (Å²) in [6.45, 7) is 7.63. The van der Waals surface area contributed by atoms with E-state index in [0.717, 1.165) is 6.42 Å². The topological polar surface area (TPSA) is 35.5 Å². The molecule has 1 aliphatic heterocycles. The summed E-state index contributed by atoms with van der Waals surface area (Å²) in [6.07, 6.45) is 0.580. The highest BCUT2D eigenvalue weighted by molar-refractivity contribution is 8.00. The SMILES string of the molecule is CC(=O)O[C@H]1C[C@H](Sc2ccccc2)C(C)(C)O[C@H]1C. The van der Waals surface area contributed by atoms with Crippen molar-refractivity contribution < 1.29 is 14.3 Å². The van der Waals surface area contributed by atoms with Crippen molar-refractivity contribution in [2.45, 2.75) is 62.1 Å². The maximum absolute atomic E-state index is 11.2. The van der Waals surface area contributed by atoms with Gasteiger partial charge >= 0.3 is 5.97 Å². The van der Waals surface area contributed by atoms with Crippen LogP contribution in [0, 0.1) is 0 Å². The first kappa shape index (κ1) is 15.4. The molecule has 0 bridgehead atoms. The average Bonchev–Trinajstić information content (AvgIpc) is 2.35. The van der Waals surface area contributed by atoms with Crippen molar-refractivity contribution >= 4 is 17.7 Å². The Morgan fingerprint density at radius 1 is 1.35 bits per heavy atom. The molecule has 0 aromatic heterocycles. The van der Waals surface area contributed by atoms with Gasteiger partial charge in [-0.05, 0) is 32.9 Å². The van der Waals surface area contributed by atoms with E-state index in [9.17, 15) is 4.79 Å². The quantitative estimate of drug-likeness (QED) is 0.797. The van der Waals surface area contributed by atoms with Crippen molar-refractivity contribution in [2.75, 3.05) is 0 Å². The Balaban J connectivity index is 2.10. The van der Waals surface area contributed by atoms with E-state index in [1.165, 1.54) is 11.8 Å². The van der Waals surface area contributed by atoms with Gasteiger partial charge in [0, 0.05) is 23.5 Å². The van der Waals surface area contributed by atoms with E-state index in [2.05, 4.69) is 26.0 Å². The van der Waals surface area contributed by atoms with Crippen LogP contribution < -0.4 is 0 Å². The van der Waals surface area contributed by atoms with Crippen LogP contribution in [0.5, 0.6) is 0 Å². The second-order valence-corrected chi connectivity index (χ2v) is 7.01. The van der Waals surface area contributed by atoms with Crippen molar-refractivity contribution in [3.05, 3.63) is 30.3 Å². The van der Waals surface area contributed by atoms with Crippen molar-refractivity contribution in [3.63, 3.8) is 0 Å². The minimum absolute atomic E-state index is 0.0680. The Labute approximate surface area is 125 Å². The standard InChI is InChI=1S/C16H22O3S/c1-11-14(18-12(2)17)10-15(16(3,4)19-11)20-13-8-6-5-7-9-13/h5-9,11,14-15H,10H2,1-4H3/t11-,14-,15-/m0/s1. The van der Waals surface area contributed by atoms with Crippen LogP contribution >= 0.6 is 11.8 Å². The van der Waals surface area contributed by atoms with Crippen LogP contribution in [0.3, 0.4) is 0 Å². The van der Waals surface area contributed by atoms with E-state index in [-0.39, 0.29) is 29.0 Å². The van der Waals surface area contributed by atoms with Crippen LogP contribution in [0.25, 0.3) is 0 Å². The van der Waals surface area contributed by atoms with Gasteiger partial charge in [0.05, 0.1) is 11.7 Å². The third kappa shape index (κ3) is 3.76. The molecule has 1 aliphatic rings. The second kappa shape index (κ2) is 6.19. The molecule has 0 radical (unpaired) electrons. The van der Waals surface area contributed by atoms with Gasteiger partial charge in [0.15, 0.2) is 0 Å². The predicted octanol–water partition coefficient (Wildman–Crippen LogP) is 3.67. The Morgan fingerprint density at radius 2 is 2.00 bits per heavy atom. The predicted molar refractivity (Wildman–Crippen MR) is 80.9 cm³/mol. The summed E-state index contributed by atoms with van der Waals surface area (Å²) in [5, 5.41) is 0.255. The lowest BCUT2D eigenvalue weighted by atomic mass is 9.93. The van der Waals surface area contributed by atoms with Gasteiger partial charge < -0.3 is 9.47 Å². The monoisotopic (exact) mass is 294 g/mol. The molecule has 0 N–H and O–H groups in total. The van der Waals surface area contributed by atoms with Gasteiger partial charge in [-0.25, -0.2) is 0 Å². The number of hydrogen-bond donors (Lipinski definition) is 0. The van der Waals surface area contributed by atoms with E-state index in [1.807, 2.05) is 25.1 Å². The second-order valence-electron chi connectivity index (χ2n) is 5.73. The smallest absolute Gasteiger partial charge is 0.302 e. The van der Waals surface area contributed by atoms with Crippen molar-refractivity contribution in [3.8, 4) is 0 Å². The van der Waals surface area contributed by atoms with E-state index in [0.29, 0.717) is 0 Å². The number of carbonyl (C=O) groups excluding carboxylic acids is 1. The first-order valence-electron chi connectivity index (χ1n) is 6.95. The van der Waals surface area contributed by atoms with Crippen LogP contribution in [-0.4, -0.2) is 29.0 Å². The number of benzene rings is 1. The lowest BCUT2D eigenvalue weighted by Gasteiger charge is -2.44. The Bertz CT molecular complexity index is 458. The Kier molecular flexibility index (Phi) is 4.76. The fourth-order valence-corrected chi connectivity index (χ4v) is 3.80. The van der Waals surface area contributed by atoms with Gasteiger partial charge in [-0.1, -0.05) is 18.2 Å². The number of carbonyl (C=O) groups is 1. The van der Waals surface area contributed by atoms with Gasteiger partial charge in [0.1, 0.15) is 6.10 Å². The molecule has 4 heteroatoms. The molecule has 1 fully saturated rings. The fraction of sp³-hybridized carbons (Fsp3) is 0.562. The molecule has 1 aromatic rings. The first-order valence-corrected chi connectivity index (χ1v) is 7.83. The number of thioether (sulfide) groups is 1. The maximum Gasteiger partial charge on any atom is 0.302 e. The summed E-state index contributed by atoms with van der Waals surface area (Å²) in [5.74, 6) is -0.242. The molecule has 3 atom stereocenters. The molecule has 0 saturated carbocycles. The largest absolute Gasteiger partial charge is 0.460 e. The fourth-order valence-electron chi connectivity index (χ4n) is 2.53. The average molecular weight is 294 g/mol. The Morgan fingerprint density at radius 3 is 2.60 bits per heavy atom. The molecule has 0 aliphatic carbocycles. The van der Waals surface area contributed by atoms with Gasteiger partial charge in [0.2, 0.25) is 0 Å². The van der Waals surface area contributed by atoms with Crippen molar-refractivity contribution in [2.24, 2.45) is 0 Å². The molecule has 1 saturated heterocycles. The summed E-state index contributed by atoms with van der Waals surface area (Å²) in [7, 11) is 0. The minimum Gasteiger partial charge on any atom is -0.460 e. The van der Waals surface area contributed by atoms with E-state index < -0.39 is 0 Å². The summed E-state index contributed by atoms with van der Waals surface area (Å²) >= 11 is 1.79. The highest BCUT2D eigenvalue weighted by Crippen LogP contribution is 2.40. The van der Waals surface area contributed by atoms with Crippen molar-refractivity contribution in [1.82, 2.24) is 0 Å². The molecule has 110 valence electrons. The molecule has 1 aromatic carbocycles. The van der Waals surface area contributed by atoms with E-state index in [1.54, 1.807) is 11.8 Å². The zero-order valence-corrected chi connectivity index (χ0v) is 13.3. The van der Waals surface area contributed by atoms with Crippen LogP contribution in [0.1, 0.15) is 34.1 Å². The molecular weight excluding hydrogens is 272 g/mol. The molecule has 0 unspecified atom stereocenters. The molecule has 0 spiro atoms. The molecule has 20 heavy (non-hydrogen) atoms. The van der Waals surface area contributed by atoms with Gasteiger partial charge in [-0.15, -0.1) is 11.8 Å². The number of ether oxygens (including phenoxy) is 2. The Hall–Kier alpha value is -1.00. The van der Waals surface area contributed by atoms with Crippen LogP contribution in [0.2, 0.25) is 0 Å². The summed E-state index contributed by atoms with van der Waals surface area (Å²) in [5.41, 5.74) is -0.240. The first-order chi connectivity index (χ1) is 9.38. The number of rotatable bonds is 3. The minimum atomic E-state index is -0.242. The third-order valence-corrected chi connectivity index (χ3v) is 5.16. The van der Waals surface area contributed by atoms with Gasteiger partial charge in [-0.2, -0.15) is 0 Å². The molecule has 3 nitrogen and oxygen atoms in total. The zero-order valence-electron chi connectivity index (χ0n) is 12.5.